The van der Waals surface area contributed by atoms with E-state index < -0.39 is 11.9 Å². The molecule has 1 rings (SSSR count). The third-order valence-corrected chi connectivity index (χ3v) is 2.53. The maximum absolute atomic E-state index is 9.90. The predicted molar refractivity (Wildman–Crippen MR) is 81.7 cm³/mol. The fourth-order valence-electron chi connectivity index (χ4n) is 1.61. The number of carboxylic acid groups (broad SMARTS) is 2. The van der Waals surface area contributed by atoms with Crippen molar-refractivity contribution >= 4 is 11.9 Å². The molecular formula is C14H32N2O4. The van der Waals surface area contributed by atoms with Crippen molar-refractivity contribution in [2.75, 3.05) is 14.1 Å². The van der Waals surface area contributed by atoms with Gasteiger partial charge in [0.25, 0.3) is 0 Å². The molecule has 0 aliphatic heterocycles. The first-order valence-electron chi connectivity index (χ1n) is 7.22. The van der Waals surface area contributed by atoms with Crippen molar-refractivity contribution < 1.29 is 19.8 Å². The van der Waals surface area contributed by atoms with E-state index in [1.54, 1.807) is 0 Å². The minimum Gasteiger partial charge on any atom is -0.481 e. The van der Waals surface area contributed by atoms with Crippen LogP contribution in [0.4, 0.5) is 0 Å². The summed E-state index contributed by atoms with van der Waals surface area (Å²) < 4.78 is 0. The van der Waals surface area contributed by atoms with E-state index in [0.717, 1.165) is 0 Å². The Balaban J connectivity index is -0.000000245. The van der Waals surface area contributed by atoms with Crippen LogP contribution in [0.15, 0.2) is 0 Å². The van der Waals surface area contributed by atoms with E-state index in [1.165, 1.54) is 52.6 Å². The molecular weight excluding hydrogens is 260 g/mol. The molecule has 1 aliphatic rings. The molecule has 0 spiro atoms. The average Bonchev–Trinajstić information content (AvgIpc) is 2.50. The predicted octanol–water partition coefficient (Wildman–Crippen LogP) is 2.21. The summed E-state index contributed by atoms with van der Waals surface area (Å²) in [5.41, 5.74) is 9.00. The van der Waals surface area contributed by atoms with Crippen molar-refractivity contribution in [3.8, 4) is 0 Å². The van der Waals surface area contributed by atoms with Gasteiger partial charge in [-0.15, -0.1) is 0 Å². The Bertz CT molecular complexity index is 180. The number of aliphatic carboxylic acids is 2. The molecule has 0 aromatic rings. The fourth-order valence-corrected chi connectivity index (χ4v) is 1.61. The van der Waals surface area contributed by atoms with Crippen LogP contribution in [0.2, 0.25) is 0 Å². The highest BCUT2D eigenvalue weighted by molar-refractivity contribution is 5.67. The van der Waals surface area contributed by atoms with Crippen molar-refractivity contribution in [3.63, 3.8) is 0 Å². The maximum Gasteiger partial charge on any atom is 0.303 e. The van der Waals surface area contributed by atoms with Gasteiger partial charge in [-0.3, -0.25) is 9.59 Å². The highest BCUT2D eigenvalue weighted by Gasteiger charge is 1.99. The molecule has 0 atom stereocenters. The van der Waals surface area contributed by atoms with Gasteiger partial charge in [0.1, 0.15) is 0 Å². The molecule has 1 saturated carbocycles. The van der Waals surface area contributed by atoms with Crippen LogP contribution < -0.4 is 11.5 Å². The number of carbonyl (C=O) groups is 2. The van der Waals surface area contributed by atoms with Crippen molar-refractivity contribution in [1.82, 2.24) is 0 Å². The molecule has 122 valence electrons. The van der Waals surface area contributed by atoms with Crippen molar-refractivity contribution in [1.29, 1.82) is 0 Å². The monoisotopic (exact) mass is 292 g/mol. The molecule has 6 N–H and O–H groups in total. The molecule has 0 aromatic heterocycles. The largest absolute Gasteiger partial charge is 0.481 e. The SMILES string of the molecule is C1CCCCC1.CN.CN.O=C(O)CCCCC(=O)O. The van der Waals surface area contributed by atoms with Gasteiger partial charge in [0.2, 0.25) is 0 Å². The molecule has 1 fully saturated rings. The summed E-state index contributed by atoms with van der Waals surface area (Å²) in [7, 11) is 3.00. The number of hydrogen-bond donors (Lipinski definition) is 4. The Morgan fingerprint density at radius 1 is 0.700 bits per heavy atom. The van der Waals surface area contributed by atoms with Gasteiger partial charge in [0, 0.05) is 12.8 Å². The van der Waals surface area contributed by atoms with E-state index >= 15 is 0 Å². The van der Waals surface area contributed by atoms with Crippen LogP contribution in [-0.2, 0) is 9.59 Å². The molecule has 0 bridgehead atoms. The first kappa shape index (κ1) is 23.9. The molecule has 0 amide bonds. The Morgan fingerprint density at radius 2 is 0.900 bits per heavy atom. The highest BCUT2D eigenvalue weighted by Crippen LogP contribution is 2.15. The molecule has 0 aromatic carbocycles. The second-order valence-electron chi connectivity index (χ2n) is 4.12. The van der Waals surface area contributed by atoms with Crippen LogP contribution in [0, 0.1) is 0 Å². The number of rotatable bonds is 5. The van der Waals surface area contributed by atoms with E-state index in [0.29, 0.717) is 12.8 Å². The minimum atomic E-state index is -0.870. The first-order chi connectivity index (χ1) is 9.63. The summed E-state index contributed by atoms with van der Waals surface area (Å²) in [5, 5.41) is 16.3. The van der Waals surface area contributed by atoms with Gasteiger partial charge in [-0.2, -0.15) is 0 Å². The highest BCUT2D eigenvalue weighted by atomic mass is 16.4. The van der Waals surface area contributed by atoms with E-state index in [-0.39, 0.29) is 12.8 Å². The third kappa shape index (κ3) is 30.2. The van der Waals surface area contributed by atoms with E-state index in [4.69, 9.17) is 10.2 Å². The van der Waals surface area contributed by atoms with Crippen molar-refractivity contribution in [2.45, 2.75) is 64.2 Å². The van der Waals surface area contributed by atoms with Crippen LogP contribution in [-0.4, -0.2) is 36.2 Å². The van der Waals surface area contributed by atoms with Crippen molar-refractivity contribution in [2.24, 2.45) is 11.5 Å². The Morgan fingerprint density at radius 3 is 1.05 bits per heavy atom. The number of hydrogen-bond acceptors (Lipinski definition) is 4. The van der Waals surface area contributed by atoms with E-state index in [1.807, 2.05) is 0 Å². The number of nitrogens with two attached hydrogens (primary N) is 2. The standard InChI is InChI=1S/C6H10O4.C6H12.2CH5N/c7-5(8)3-1-2-4-6(9)10;1-2-4-6-5-3-1;2*1-2/h1-4H2,(H,7,8)(H,9,10);1-6H2;2*2H2,1H3. The van der Waals surface area contributed by atoms with Crippen molar-refractivity contribution in [3.05, 3.63) is 0 Å². The fraction of sp³-hybridized carbons (Fsp3) is 0.857. The topological polar surface area (TPSA) is 127 Å². The second-order valence-corrected chi connectivity index (χ2v) is 4.12. The molecule has 1 aliphatic carbocycles. The summed E-state index contributed by atoms with van der Waals surface area (Å²) in [5.74, 6) is -1.74. The zero-order valence-corrected chi connectivity index (χ0v) is 12.9. The average molecular weight is 292 g/mol. The molecule has 6 heteroatoms. The van der Waals surface area contributed by atoms with Gasteiger partial charge < -0.3 is 21.7 Å². The number of carboxylic acids is 2. The zero-order chi connectivity index (χ0) is 16.2. The lowest BCUT2D eigenvalue weighted by Crippen LogP contribution is -1.97. The lowest BCUT2D eigenvalue weighted by molar-refractivity contribution is -0.139. The Labute approximate surface area is 122 Å². The second kappa shape index (κ2) is 23.0. The van der Waals surface area contributed by atoms with Gasteiger partial charge in [0.05, 0.1) is 0 Å². The van der Waals surface area contributed by atoms with Gasteiger partial charge in [0.15, 0.2) is 0 Å². The molecule has 0 unspecified atom stereocenters. The van der Waals surface area contributed by atoms with Crippen LogP contribution in [0.5, 0.6) is 0 Å². The summed E-state index contributed by atoms with van der Waals surface area (Å²) in [6.45, 7) is 0. The van der Waals surface area contributed by atoms with Crippen LogP contribution in [0.1, 0.15) is 64.2 Å². The summed E-state index contributed by atoms with van der Waals surface area (Å²) in [4.78, 5) is 19.8. The van der Waals surface area contributed by atoms with E-state index in [2.05, 4.69) is 11.5 Å². The maximum atomic E-state index is 9.90. The Kier molecular flexibility index (Phi) is 27.5. The molecule has 20 heavy (non-hydrogen) atoms. The quantitative estimate of drug-likeness (QED) is 0.575. The number of unbranched alkanes of at least 4 members (excludes halogenated alkanes) is 1. The van der Waals surface area contributed by atoms with Gasteiger partial charge in [-0.1, -0.05) is 38.5 Å². The Hall–Kier alpha value is -1.14. The summed E-state index contributed by atoms with van der Waals surface area (Å²) in [6, 6.07) is 0. The molecule has 0 saturated heterocycles. The lowest BCUT2D eigenvalue weighted by Gasteiger charge is -2.05. The first-order valence-corrected chi connectivity index (χ1v) is 7.22. The normalized spacial score (nSPS) is 12.4. The smallest absolute Gasteiger partial charge is 0.303 e. The van der Waals surface area contributed by atoms with Gasteiger partial charge in [-0.05, 0) is 26.9 Å². The zero-order valence-electron chi connectivity index (χ0n) is 12.9. The molecule has 6 nitrogen and oxygen atoms in total. The van der Waals surface area contributed by atoms with E-state index in [9.17, 15) is 9.59 Å². The van der Waals surface area contributed by atoms with Crippen LogP contribution in [0.25, 0.3) is 0 Å². The third-order valence-electron chi connectivity index (χ3n) is 2.53. The lowest BCUT2D eigenvalue weighted by atomic mass is 10.0. The minimum absolute atomic E-state index is 0.0628. The summed E-state index contributed by atoms with van der Waals surface area (Å²) in [6.07, 6.45) is 10.0. The molecule has 0 heterocycles. The van der Waals surface area contributed by atoms with Crippen LogP contribution >= 0.6 is 0 Å². The van der Waals surface area contributed by atoms with Gasteiger partial charge >= 0.3 is 11.9 Å². The van der Waals surface area contributed by atoms with Crippen LogP contribution in [0.3, 0.4) is 0 Å². The summed E-state index contributed by atoms with van der Waals surface area (Å²) >= 11 is 0. The molecule has 0 radical (unpaired) electrons. The van der Waals surface area contributed by atoms with Gasteiger partial charge in [-0.25, -0.2) is 0 Å².